The van der Waals surface area contributed by atoms with E-state index in [9.17, 15) is 8.78 Å². The Hall–Kier alpha value is -2.25. The van der Waals surface area contributed by atoms with Crippen molar-refractivity contribution in [3.05, 3.63) is 70.5 Å². The highest BCUT2D eigenvalue weighted by Gasteiger charge is 2.37. The molecule has 1 aromatic heterocycles. The van der Waals surface area contributed by atoms with E-state index in [2.05, 4.69) is 9.88 Å². The molecule has 0 aliphatic carbocycles. The molecule has 3 aliphatic heterocycles. The van der Waals surface area contributed by atoms with Gasteiger partial charge in [0, 0.05) is 58.3 Å². The number of fused-ring (bicyclic) bond motifs is 4. The van der Waals surface area contributed by atoms with E-state index in [1.54, 1.807) is 30.6 Å². The second kappa shape index (κ2) is 8.27. The van der Waals surface area contributed by atoms with E-state index < -0.39 is 18.6 Å². The summed E-state index contributed by atoms with van der Waals surface area (Å²) in [6.07, 6.45) is 3.63. The number of hydrogen-bond acceptors (Lipinski definition) is 4. The fraction of sp³-hybridized carbons (Fsp3) is 0.292. The van der Waals surface area contributed by atoms with Crippen LogP contribution in [0.3, 0.4) is 0 Å². The predicted octanol–water partition coefficient (Wildman–Crippen LogP) is 5.75. The standard InChI is InChI=1S/C24H21Cl2F2N3O/c25-17-7-15(8-18(26)9-17)20-11-30-10-19-14-1-3-16(4-2-14)24(27,28)13-32-22-12-31(23(19)20)6-5-21(22)29/h1-4,7-11,21-22H,5-6,12-13,29H2/t21-,22?/m0/s1. The maximum Gasteiger partial charge on any atom is 0.296 e. The Morgan fingerprint density at radius 1 is 1.00 bits per heavy atom. The van der Waals surface area contributed by atoms with Crippen LogP contribution in [0.2, 0.25) is 10.0 Å². The number of alkyl halides is 2. The van der Waals surface area contributed by atoms with Crippen molar-refractivity contribution in [3.63, 3.8) is 0 Å². The van der Waals surface area contributed by atoms with E-state index in [0.717, 1.165) is 27.9 Å². The first-order valence-electron chi connectivity index (χ1n) is 10.4. The van der Waals surface area contributed by atoms with Crippen molar-refractivity contribution in [3.8, 4) is 22.3 Å². The van der Waals surface area contributed by atoms with E-state index >= 15 is 0 Å². The Labute approximate surface area is 194 Å². The number of nitrogens with two attached hydrogens (primary N) is 1. The lowest BCUT2D eigenvalue weighted by atomic mass is 9.93. The molecule has 6 rings (SSSR count). The number of rotatable bonds is 1. The monoisotopic (exact) mass is 475 g/mol. The summed E-state index contributed by atoms with van der Waals surface area (Å²) in [4.78, 5) is 6.60. The average molecular weight is 476 g/mol. The molecule has 2 N–H and O–H groups in total. The highest BCUT2D eigenvalue weighted by molar-refractivity contribution is 6.35. The minimum atomic E-state index is -3.10. The van der Waals surface area contributed by atoms with E-state index in [4.69, 9.17) is 33.7 Å². The van der Waals surface area contributed by atoms with Gasteiger partial charge in [-0.2, -0.15) is 8.78 Å². The highest BCUT2D eigenvalue weighted by atomic mass is 35.5. The van der Waals surface area contributed by atoms with Crippen molar-refractivity contribution in [1.29, 1.82) is 0 Å². The molecular weight excluding hydrogens is 455 g/mol. The van der Waals surface area contributed by atoms with Gasteiger partial charge in [0.15, 0.2) is 0 Å². The number of nitrogens with zero attached hydrogens (tertiary/aromatic N) is 2. The third-order valence-corrected chi connectivity index (χ3v) is 6.55. The first kappa shape index (κ1) is 21.6. The van der Waals surface area contributed by atoms with Crippen LogP contribution in [0.5, 0.6) is 0 Å². The van der Waals surface area contributed by atoms with Gasteiger partial charge in [-0.15, -0.1) is 0 Å². The van der Waals surface area contributed by atoms with Gasteiger partial charge in [0.05, 0.1) is 11.8 Å². The Morgan fingerprint density at radius 3 is 2.34 bits per heavy atom. The smallest absolute Gasteiger partial charge is 0.296 e. The van der Waals surface area contributed by atoms with Crippen LogP contribution < -0.4 is 10.6 Å². The van der Waals surface area contributed by atoms with E-state index in [-0.39, 0.29) is 11.6 Å². The summed E-state index contributed by atoms with van der Waals surface area (Å²) in [5.74, 6) is -3.10. The van der Waals surface area contributed by atoms with Gasteiger partial charge in [0.25, 0.3) is 5.92 Å². The molecule has 1 unspecified atom stereocenters. The second-order valence-corrected chi connectivity index (χ2v) is 9.14. The average Bonchev–Trinajstić information content (AvgIpc) is 2.77. The van der Waals surface area contributed by atoms with Crippen molar-refractivity contribution in [2.45, 2.75) is 24.5 Å². The Balaban J connectivity index is 1.74. The zero-order chi connectivity index (χ0) is 22.5. The highest BCUT2D eigenvalue weighted by Crippen LogP contribution is 2.42. The molecule has 0 saturated carbocycles. The number of benzene rings is 2. The van der Waals surface area contributed by atoms with Crippen LogP contribution >= 0.6 is 23.2 Å². The van der Waals surface area contributed by atoms with Gasteiger partial charge in [0.2, 0.25) is 0 Å². The maximum absolute atomic E-state index is 14.7. The van der Waals surface area contributed by atoms with Gasteiger partial charge >= 0.3 is 0 Å². The summed E-state index contributed by atoms with van der Waals surface area (Å²) in [7, 11) is 0. The molecule has 3 aliphatic rings. The van der Waals surface area contributed by atoms with Gasteiger partial charge in [-0.25, -0.2) is 0 Å². The number of hydrogen-bond donors (Lipinski definition) is 1. The Bertz CT molecular complexity index is 1140. The molecule has 1 fully saturated rings. The van der Waals surface area contributed by atoms with Crippen molar-refractivity contribution in [1.82, 2.24) is 4.98 Å². The van der Waals surface area contributed by atoms with Gasteiger partial charge < -0.3 is 15.4 Å². The first-order chi connectivity index (χ1) is 15.3. The molecule has 1 saturated heterocycles. The van der Waals surface area contributed by atoms with Gasteiger partial charge in [-0.3, -0.25) is 4.98 Å². The molecule has 4 nitrogen and oxygen atoms in total. The molecule has 8 heteroatoms. The molecule has 0 spiro atoms. The lowest BCUT2D eigenvalue weighted by Crippen LogP contribution is -2.53. The fourth-order valence-corrected chi connectivity index (χ4v) is 4.96. The number of ether oxygens (including phenoxy) is 1. The van der Waals surface area contributed by atoms with Crippen LogP contribution in [-0.4, -0.2) is 36.8 Å². The van der Waals surface area contributed by atoms with Crippen molar-refractivity contribution in [2.75, 3.05) is 24.6 Å². The Kier molecular flexibility index (Phi) is 5.58. The largest absolute Gasteiger partial charge is 0.368 e. The lowest BCUT2D eigenvalue weighted by molar-refractivity contribution is -0.109. The molecule has 32 heavy (non-hydrogen) atoms. The normalized spacial score (nSPS) is 22.1. The molecule has 3 aromatic rings. The topological polar surface area (TPSA) is 51.4 Å². The number of halogens is 4. The number of pyridine rings is 1. The van der Waals surface area contributed by atoms with Crippen LogP contribution in [0.15, 0.2) is 54.9 Å². The van der Waals surface area contributed by atoms with Gasteiger partial charge in [-0.05, 0) is 35.7 Å². The van der Waals surface area contributed by atoms with E-state index in [1.165, 1.54) is 12.1 Å². The van der Waals surface area contributed by atoms with Crippen LogP contribution in [0, 0.1) is 0 Å². The zero-order valence-corrected chi connectivity index (χ0v) is 18.6. The number of aromatic nitrogens is 1. The fourth-order valence-electron chi connectivity index (χ4n) is 4.43. The second-order valence-electron chi connectivity index (χ2n) is 8.27. The summed E-state index contributed by atoms with van der Waals surface area (Å²) in [5.41, 5.74) is 10.4. The summed E-state index contributed by atoms with van der Waals surface area (Å²) in [5, 5.41) is 1.04. The van der Waals surface area contributed by atoms with Crippen LogP contribution in [-0.2, 0) is 10.7 Å². The first-order valence-corrected chi connectivity index (χ1v) is 11.1. The minimum Gasteiger partial charge on any atom is -0.368 e. The zero-order valence-electron chi connectivity index (χ0n) is 17.1. The summed E-state index contributed by atoms with van der Waals surface area (Å²) < 4.78 is 35.1. The van der Waals surface area contributed by atoms with Gasteiger partial charge in [-0.1, -0.05) is 47.5 Å². The molecular formula is C24H21Cl2F2N3O. The SMILES string of the molecule is N[C@H]1CCN2CC1OCC(F)(F)c1ccc(cc1)-c1cncc(-c3cc(Cl)cc(Cl)c3)c12. The summed E-state index contributed by atoms with van der Waals surface area (Å²) >= 11 is 12.6. The van der Waals surface area contributed by atoms with E-state index in [0.29, 0.717) is 29.6 Å². The minimum absolute atomic E-state index is 0.0876. The molecule has 2 atom stereocenters. The van der Waals surface area contributed by atoms with Crippen LogP contribution in [0.1, 0.15) is 12.0 Å². The molecule has 2 aromatic carbocycles. The van der Waals surface area contributed by atoms with Crippen molar-refractivity contribution >= 4 is 28.9 Å². The van der Waals surface area contributed by atoms with Crippen LogP contribution in [0.4, 0.5) is 14.5 Å². The molecule has 0 amide bonds. The maximum atomic E-state index is 14.7. The van der Waals surface area contributed by atoms with E-state index in [1.807, 2.05) is 12.1 Å². The Morgan fingerprint density at radius 2 is 1.66 bits per heavy atom. The lowest BCUT2D eigenvalue weighted by Gasteiger charge is -2.40. The van der Waals surface area contributed by atoms with Gasteiger partial charge in [0.1, 0.15) is 6.61 Å². The van der Waals surface area contributed by atoms with Crippen molar-refractivity contribution < 1.29 is 13.5 Å². The molecule has 4 heterocycles. The molecule has 4 bridgehead atoms. The third kappa shape index (κ3) is 3.97. The molecule has 166 valence electrons. The summed E-state index contributed by atoms with van der Waals surface area (Å²) in [6, 6.07) is 11.3. The van der Waals surface area contributed by atoms with Crippen molar-refractivity contribution in [2.24, 2.45) is 5.73 Å². The number of piperidine rings is 1. The quantitative estimate of drug-likeness (QED) is 0.486. The summed E-state index contributed by atoms with van der Waals surface area (Å²) in [6.45, 7) is 0.345. The van der Waals surface area contributed by atoms with Crippen LogP contribution in [0.25, 0.3) is 22.3 Å². The predicted molar refractivity (Wildman–Crippen MR) is 124 cm³/mol. The molecule has 0 radical (unpaired) electrons. The number of anilines is 1. The third-order valence-electron chi connectivity index (χ3n) is 6.11.